The van der Waals surface area contributed by atoms with Crippen LogP contribution in [0.2, 0.25) is 0 Å². The summed E-state index contributed by atoms with van der Waals surface area (Å²) >= 11 is 0. The summed E-state index contributed by atoms with van der Waals surface area (Å²) in [5.74, 6) is 0.738. The van der Waals surface area contributed by atoms with Crippen LogP contribution in [0.4, 0.5) is 0 Å². The second-order valence-electron chi connectivity index (χ2n) is 3.89. The maximum atomic E-state index is 11.0. The Hall–Kier alpha value is -2.10. The number of nitrogens with zero attached hydrogens (tertiary/aromatic N) is 2. The van der Waals surface area contributed by atoms with E-state index in [0.717, 1.165) is 28.9 Å². The molecule has 0 aliphatic carbocycles. The Kier molecular flexibility index (Phi) is 2.95. The molecule has 4 nitrogen and oxygen atoms in total. The van der Waals surface area contributed by atoms with E-state index in [9.17, 15) is 4.79 Å². The number of methoxy groups -OCH3 is 1. The van der Waals surface area contributed by atoms with Gasteiger partial charge >= 0.3 is 0 Å². The Morgan fingerprint density at radius 1 is 1.41 bits per heavy atom. The van der Waals surface area contributed by atoms with E-state index in [1.165, 1.54) is 0 Å². The average molecular weight is 230 g/mol. The summed E-state index contributed by atoms with van der Waals surface area (Å²) in [6, 6.07) is 5.86. The van der Waals surface area contributed by atoms with Gasteiger partial charge in [0.1, 0.15) is 5.75 Å². The zero-order valence-corrected chi connectivity index (χ0v) is 10.1. The highest BCUT2D eigenvalue weighted by atomic mass is 16.5. The van der Waals surface area contributed by atoms with Crippen LogP contribution >= 0.6 is 0 Å². The fourth-order valence-corrected chi connectivity index (χ4v) is 1.88. The largest absolute Gasteiger partial charge is 0.496 e. The van der Waals surface area contributed by atoms with Gasteiger partial charge in [0.05, 0.1) is 24.6 Å². The third kappa shape index (κ3) is 1.93. The van der Waals surface area contributed by atoms with E-state index in [4.69, 9.17) is 4.74 Å². The molecule has 2 aromatic rings. The molecule has 0 atom stereocenters. The van der Waals surface area contributed by atoms with Gasteiger partial charge in [-0.25, -0.2) is 0 Å². The molecule has 1 aromatic heterocycles. The number of carbonyl (C=O) groups excluding carboxylic acids is 1. The van der Waals surface area contributed by atoms with Crippen LogP contribution in [0.15, 0.2) is 24.4 Å². The minimum atomic E-state index is 0.566. The summed E-state index contributed by atoms with van der Waals surface area (Å²) in [7, 11) is 3.43. The summed E-state index contributed by atoms with van der Waals surface area (Å²) in [4.78, 5) is 11.0. The molecule has 0 unspecified atom stereocenters. The molecule has 0 amide bonds. The van der Waals surface area contributed by atoms with Crippen LogP contribution in [0.1, 0.15) is 15.9 Å². The standard InChI is InChI=1S/C13H14N2O2/c1-9-4-5-12(17-3)11(6-9)13-10(8-16)7-14-15(13)2/h4-8H,1-3H3. The molecule has 1 heterocycles. The van der Waals surface area contributed by atoms with Crippen molar-refractivity contribution in [3.63, 3.8) is 0 Å². The highest BCUT2D eigenvalue weighted by Crippen LogP contribution is 2.32. The fraction of sp³-hybridized carbons (Fsp3) is 0.231. The van der Waals surface area contributed by atoms with E-state index in [1.807, 2.05) is 32.2 Å². The first kappa shape index (κ1) is 11.4. The summed E-state index contributed by atoms with van der Waals surface area (Å²) in [6.07, 6.45) is 2.37. The number of aromatic nitrogens is 2. The molecule has 0 radical (unpaired) electrons. The van der Waals surface area contributed by atoms with Crippen molar-refractivity contribution in [1.29, 1.82) is 0 Å². The van der Waals surface area contributed by atoms with E-state index in [0.29, 0.717) is 5.56 Å². The van der Waals surface area contributed by atoms with Gasteiger partial charge in [-0.05, 0) is 19.1 Å². The number of ether oxygens (including phenoxy) is 1. The van der Waals surface area contributed by atoms with Crippen LogP contribution in [-0.4, -0.2) is 23.2 Å². The molecule has 0 saturated carbocycles. The van der Waals surface area contributed by atoms with Crippen LogP contribution in [0, 0.1) is 6.92 Å². The lowest BCUT2D eigenvalue weighted by Crippen LogP contribution is -1.98. The second kappa shape index (κ2) is 4.41. The average Bonchev–Trinajstić information content (AvgIpc) is 2.70. The van der Waals surface area contributed by atoms with E-state index >= 15 is 0 Å². The van der Waals surface area contributed by atoms with Crippen LogP contribution < -0.4 is 4.74 Å². The number of rotatable bonds is 3. The summed E-state index contributed by atoms with van der Waals surface area (Å²) in [5, 5.41) is 4.10. The molecule has 2 rings (SSSR count). The van der Waals surface area contributed by atoms with Crippen molar-refractivity contribution >= 4 is 6.29 Å². The lowest BCUT2D eigenvalue weighted by Gasteiger charge is -2.10. The van der Waals surface area contributed by atoms with Crippen LogP contribution in [0.25, 0.3) is 11.3 Å². The normalized spacial score (nSPS) is 10.3. The van der Waals surface area contributed by atoms with Gasteiger partial charge in [-0.2, -0.15) is 5.10 Å². The van der Waals surface area contributed by atoms with Gasteiger partial charge in [0, 0.05) is 12.6 Å². The van der Waals surface area contributed by atoms with Crippen LogP contribution in [-0.2, 0) is 7.05 Å². The molecule has 4 heteroatoms. The number of carbonyl (C=O) groups is 1. The maximum absolute atomic E-state index is 11.0. The predicted molar refractivity (Wildman–Crippen MR) is 65.3 cm³/mol. The van der Waals surface area contributed by atoms with Crippen molar-refractivity contribution in [2.45, 2.75) is 6.92 Å². The summed E-state index contributed by atoms with van der Waals surface area (Å²) in [5.41, 5.74) is 3.34. The van der Waals surface area contributed by atoms with Gasteiger partial charge in [-0.15, -0.1) is 0 Å². The van der Waals surface area contributed by atoms with Crippen molar-refractivity contribution < 1.29 is 9.53 Å². The molecule has 0 N–H and O–H groups in total. The topological polar surface area (TPSA) is 44.1 Å². The number of benzene rings is 1. The first-order valence-corrected chi connectivity index (χ1v) is 5.29. The third-order valence-electron chi connectivity index (χ3n) is 2.70. The first-order chi connectivity index (χ1) is 8.17. The minimum absolute atomic E-state index is 0.566. The highest BCUT2D eigenvalue weighted by Gasteiger charge is 2.14. The van der Waals surface area contributed by atoms with E-state index in [2.05, 4.69) is 5.10 Å². The Bertz CT molecular complexity index is 559. The number of hydrogen-bond acceptors (Lipinski definition) is 3. The number of aldehydes is 1. The highest BCUT2D eigenvalue weighted by molar-refractivity contribution is 5.87. The molecule has 0 aliphatic heterocycles. The van der Waals surface area contributed by atoms with Gasteiger partial charge in [-0.1, -0.05) is 11.6 Å². The lowest BCUT2D eigenvalue weighted by atomic mass is 10.0. The van der Waals surface area contributed by atoms with Crippen molar-refractivity contribution in [2.24, 2.45) is 7.05 Å². The molecule has 0 saturated heterocycles. The van der Waals surface area contributed by atoms with Crippen molar-refractivity contribution in [3.8, 4) is 17.0 Å². The molecule has 0 aliphatic rings. The number of aryl methyl sites for hydroxylation is 2. The van der Waals surface area contributed by atoms with E-state index < -0.39 is 0 Å². The Balaban J connectivity index is 2.70. The van der Waals surface area contributed by atoms with Gasteiger partial charge in [0.2, 0.25) is 0 Å². The monoisotopic (exact) mass is 230 g/mol. The zero-order valence-electron chi connectivity index (χ0n) is 10.1. The molecular weight excluding hydrogens is 216 g/mol. The smallest absolute Gasteiger partial charge is 0.153 e. The van der Waals surface area contributed by atoms with Gasteiger partial charge in [0.25, 0.3) is 0 Å². The van der Waals surface area contributed by atoms with Gasteiger partial charge < -0.3 is 4.74 Å². The Labute approximate surface area is 99.8 Å². The van der Waals surface area contributed by atoms with Crippen LogP contribution in [0.3, 0.4) is 0 Å². The third-order valence-corrected chi connectivity index (χ3v) is 2.70. The Morgan fingerprint density at radius 3 is 2.82 bits per heavy atom. The van der Waals surface area contributed by atoms with Crippen molar-refractivity contribution in [2.75, 3.05) is 7.11 Å². The maximum Gasteiger partial charge on any atom is 0.153 e. The molecular formula is C13H14N2O2. The van der Waals surface area contributed by atoms with E-state index in [1.54, 1.807) is 18.0 Å². The molecule has 0 fully saturated rings. The lowest BCUT2D eigenvalue weighted by molar-refractivity contribution is 0.112. The van der Waals surface area contributed by atoms with Crippen LogP contribution in [0.5, 0.6) is 5.75 Å². The molecule has 17 heavy (non-hydrogen) atoms. The van der Waals surface area contributed by atoms with Crippen molar-refractivity contribution in [1.82, 2.24) is 9.78 Å². The van der Waals surface area contributed by atoms with Gasteiger partial charge in [-0.3, -0.25) is 9.48 Å². The Morgan fingerprint density at radius 2 is 2.18 bits per heavy atom. The second-order valence-corrected chi connectivity index (χ2v) is 3.89. The summed E-state index contributed by atoms with van der Waals surface area (Å²) < 4.78 is 7.00. The molecule has 1 aromatic carbocycles. The van der Waals surface area contributed by atoms with E-state index in [-0.39, 0.29) is 0 Å². The first-order valence-electron chi connectivity index (χ1n) is 5.29. The molecule has 0 bridgehead atoms. The zero-order chi connectivity index (χ0) is 12.4. The summed E-state index contributed by atoms with van der Waals surface area (Å²) in [6.45, 7) is 2.00. The number of hydrogen-bond donors (Lipinski definition) is 0. The molecule has 88 valence electrons. The van der Waals surface area contributed by atoms with Gasteiger partial charge in [0.15, 0.2) is 6.29 Å². The van der Waals surface area contributed by atoms with Crippen molar-refractivity contribution in [3.05, 3.63) is 35.5 Å². The predicted octanol–water partition coefficient (Wildman–Crippen LogP) is 2.22. The quantitative estimate of drug-likeness (QED) is 0.759. The fourth-order valence-electron chi connectivity index (χ4n) is 1.88. The molecule has 0 spiro atoms. The SMILES string of the molecule is COc1ccc(C)cc1-c1c(C=O)cnn1C. The minimum Gasteiger partial charge on any atom is -0.496 e.